The summed E-state index contributed by atoms with van der Waals surface area (Å²) in [4.78, 5) is 0. The highest BCUT2D eigenvalue weighted by atomic mass is 15.3. The van der Waals surface area contributed by atoms with Gasteiger partial charge in [-0.15, -0.1) is 10.2 Å². The van der Waals surface area contributed by atoms with Crippen LogP contribution in [0.2, 0.25) is 0 Å². The lowest BCUT2D eigenvalue weighted by molar-refractivity contribution is 0.472. The van der Waals surface area contributed by atoms with Crippen LogP contribution >= 0.6 is 0 Å². The van der Waals surface area contributed by atoms with Gasteiger partial charge in [0.1, 0.15) is 12.2 Å². The molecule has 0 saturated heterocycles. The molecular weight excluding hydrogens is 188 g/mol. The Hall–Kier alpha value is -0.900. The maximum atomic E-state index is 4.04. The molecule has 0 aromatic carbocycles. The van der Waals surface area contributed by atoms with Crippen LogP contribution in [0.3, 0.4) is 0 Å². The van der Waals surface area contributed by atoms with Crippen LogP contribution in [0.1, 0.15) is 37.9 Å². The minimum absolute atomic E-state index is 0.837. The van der Waals surface area contributed by atoms with Crippen LogP contribution in [0.25, 0.3) is 0 Å². The van der Waals surface area contributed by atoms with Gasteiger partial charge in [0, 0.05) is 7.05 Å². The lowest BCUT2D eigenvalue weighted by Crippen LogP contribution is -2.19. The minimum atomic E-state index is 0.837. The second-order valence-electron chi connectivity index (χ2n) is 4.47. The van der Waals surface area contributed by atoms with Crippen LogP contribution in [0, 0.1) is 5.92 Å². The number of nitrogens with one attached hydrogen (secondary N) is 1. The summed E-state index contributed by atoms with van der Waals surface area (Å²) in [7, 11) is 1.98. The molecule has 0 atom stereocenters. The van der Waals surface area contributed by atoms with Crippen LogP contribution in [-0.2, 0) is 13.6 Å². The molecular formula is C11H20N4. The van der Waals surface area contributed by atoms with Gasteiger partial charge in [0.2, 0.25) is 0 Å². The van der Waals surface area contributed by atoms with Gasteiger partial charge < -0.3 is 9.88 Å². The number of rotatable bonds is 5. The van der Waals surface area contributed by atoms with Gasteiger partial charge in [0.05, 0.1) is 6.54 Å². The van der Waals surface area contributed by atoms with Crippen molar-refractivity contribution in [3.63, 3.8) is 0 Å². The van der Waals surface area contributed by atoms with Gasteiger partial charge in [-0.1, -0.05) is 25.7 Å². The van der Waals surface area contributed by atoms with Crippen LogP contribution < -0.4 is 5.32 Å². The van der Waals surface area contributed by atoms with E-state index in [1.165, 1.54) is 32.1 Å². The number of nitrogens with zero attached hydrogens (tertiary/aromatic N) is 3. The summed E-state index contributed by atoms with van der Waals surface area (Å²) < 4.78 is 1.96. The van der Waals surface area contributed by atoms with Crippen molar-refractivity contribution in [2.24, 2.45) is 13.0 Å². The molecule has 1 heterocycles. The Bertz CT molecular complexity index is 289. The second-order valence-corrected chi connectivity index (χ2v) is 4.47. The summed E-state index contributed by atoms with van der Waals surface area (Å²) in [5, 5.41) is 11.3. The van der Waals surface area contributed by atoms with Crippen LogP contribution in [0.5, 0.6) is 0 Å². The zero-order chi connectivity index (χ0) is 10.5. The predicted molar refractivity (Wildman–Crippen MR) is 59.3 cm³/mol. The van der Waals surface area contributed by atoms with Gasteiger partial charge in [-0.25, -0.2) is 0 Å². The first kappa shape index (κ1) is 10.6. The molecule has 1 aliphatic carbocycles. The first-order valence-electron chi connectivity index (χ1n) is 5.90. The van der Waals surface area contributed by atoms with Crippen molar-refractivity contribution in [1.82, 2.24) is 20.1 Å². The van der Waals surface area contributed by atoms with Gasteiger partial charge in [0.15, 0.2) is 0 Å². The largest absolute Gasteiger partial charge is 0.320 e. The molecule has 0 radical (unpaired) electrons. The Morgan fingerprint density at radius 3 is 2.93 bits per heavy atom. The molecule has 1 aromatic heterocycles. The number of aromatic nitrogens is 3. The lowest BCUT2D eigenvalue weighted by Gasteiger charge is -2.09. The SMILES string of the molecule is Cn1cnnc1CNCCC1CCCC1. The molecule has 1 N–H and O–H groups in total. The van der Waals surface area contributed by atoms with E-state index in [4.69, 9.17) is 0 Å². The number of aryl methyl sites for hydroxylation is 1. The molecule has 0 bridgehead atoms. The normalized spacial score (nSPS) is 17.4. The zero-order valence-corrected chi connectivity index (χ0v) is 9.45. The molecule has 0 unspecified atom stereocenters. The maximum absolute atomic E-state index is 4.04. The van der Waals surface area contributed by atoms with E-state index in [2.05, 4.69) is 15.5 Å². The first-order chi connectivity index (χ1) is 7.36. The topological polar surface area (TPSA) is 42.7 Å². The van der Waals surface area contributed by atoms with E-state index in [0.29, 0.717) is 0 Å². The fourth-order valence-electron chi connectivity index (χ4n) is 2.27. The van der Waals surface area contributed by atoms with Crippen molar-refractivity contribution in [3.8, 4) is 0 Å². The smallest absolute Gasteiger partial charge is 0.146 e. The van der Waals surface area contributed by atoms with Gasteiger partial charge in [-0.05, 0) is 18.9 Å². The average molecular weight is 208 g/mol. The van der Waals surface area contributed by atoms with Crippen LogP contribution in [0.4, 0.5) is 0 Å². The van der Waals surface area contributed by atoms with E-state index in [9.17, 15) is 0 Å². The Morgan fingerprint density at radius 2 is 2.27 bits per heavy atom. The molecule has 0 spiro atoms. The third kappa shape index (κ3) is 3.02. The minimum Gasteiger partial charge on any atom is -0.320 e. The van der Waals surface area contributed by atoms with Crippen LogP contribution in [-0.4, -0.2) is 21.3 Å². The van der Waals surface area contributed by atoms with Gasteiger partial charge in [0.25, 0.3) is 0 Å². The quantitative estimate of drug-likeness (QED) is 0.745. The highest BCUT2D eigenvalue weighted by Gasteiger charge is 2.13. The van der Waals surface area contributed by atoms with Gasteiger partial charge >= 0.3 is 0 Å². The van der Waals surface area contributed by atoms with E-state index in [0.717, 1.165) is 24.8 Å². The Labute approximate surface area is 91.1 Å². The highest BCUT2D eigenvalue weighted by molar-refractivity contribution is 4.83. The van der Waals surface area contributed by atoms with Crippen LogP contribution in [0.15, 0.2) is 6.33 Å². The summed E-state index contributed by atoms with van der Waals surface area (Å²) in [5.74, 6) is 1.98. The molecule has 1 saturated carbocycles. The average Bonchev–Trinajstić information content (AvgIpc) is 2.85. The van der Waals surface area contributed by atoms with Crippen molar-refractivity contribution in [2.45, 2.75) is 38.6 Å². The summed E-state index contributed by atoms with van der Waals surface area (Å²) in [6, 6.07) is 0. The van der Waals surface area contributed by atoms with Crippen molar-refractivity contribution < 1.29 is 0 Å². The highest BCUT2D eigenvalue weighted by Crippen LogP contribution is 2.26. The van der Waals surface area contributed by atoms with Gasteiger partial charge in [-0.3, -0.25) is 0 Å². The van der Waals surface area contributed by atoms with E-state index in [1.54, 1.807) is 6.33 Å². The Morgan fingerprint density at radius 1 is 1.47 bits per heavy atom. The molecule has 0 aliphatic heterocycles. The fourth-order valence-corrected chi connectivity index (χ4v) is 2.27. The summed E-state index contributed by atoms with van der Waals surface area (Å²) >= 11 is 0. The van der Waals surface area contributed by atoms with Crippen molar-refractivity contribution >= 4 is 0 Å². The molecule has 1 aromatic rings. The molecule has 4 heteroatoms. The van der Waals surface area contributed by atoms with E-state index >= 15 is 0 Å². The third-order valence-corrected chi connectivity index (χ3v) is 3.29. The van der Waals surface area contributed by atoms with Crippen molar-refractivity contribution in [2.75, 3.05) is 6.54 Å². The van der Waals surface area contributed by atoms with Gasteiger partial charge in [-0.2, -0.15) is 0 Å². The molecule has 84 valence electrons. The maximum Gasteiger partial charge on any atom is 0.146 e. The summed E-state index contributed by atoms with van der Waals surface area (Å²) in [5.41, 5.74) is 0. The molecule has 0 amide bonds. The molecule has 2 rings (SSSR count). The van der Waals surface area contributed by atoms with Crippen molar-refractivity contribution in [1.29, 1.82) is 0 Å². The monoisotopic (exact) mass is 208 g/mol. The molecule has 4 nitrogen and oxygen atoms in total. The Kier molecular flexibility index (Phi) is 3.72. The predicted octanol–water partition coefficient (Wildman–Crippen LogP) is 1.48. The summed E-state index contributed by atoms with van der Waals surface area (Å²) in [6.45, 7) is 1.95. The van der Waals surface area contributed by atoms with E-state index < -0.39 is 0 Å². The Balaban J connectivity index is 1.60. The van der Waals surface area contributed by atoms with E-state index in [1.807, 2.05) is 11.6 Å². The molecule has 1 fully saturated rings. The fraction of sp³-hybridized carbons (Fsp3) is 0.818. The lowest BCUT2D eigenvalue weighted by atomic mass is 10.0. The molecule has 1 aliphatic rings. The third-order valence-electron chi connectivity index (χ3n) is 3.29. The summed E-state index contributed by atoms with van der Waals surface area (Å²) in [6.07, 6.45) is 8.81. The zero-order valence-electron chi connectivity index (χ0n) is 9.45. The van der Waals surface area contributed by atoms with Crippen molar-refractivity contribution in [3.05, 3.63) is 12.2 Å². The number of hydrogen-bond acceptors (Lipinski definition) is 3. The molecule has 15 heavy (non-hydrogen) atoms. The first-order valence-corrected chi connectivity index (χ1v) is 5.90. The van der Waals surface area contributed by atoms with E-state index in [-0.39, 0.29) is 0 Å². The number of hydrogen-bond donors (Lipinski definition) is 1. The second kappa shape index (κ2) is 5.26. The standard InChI is InChI=1S/C11H20N4/c1-15-9-13-14-11(15)8-12-7-6-10-4-2-3-5-10/h9-10,12H,2-8H2,1H3.